The van der Waals surface area contributed by atoms with E-state index in [2.05, 4.69) is 10.2 Å². The largest absolute Gasteiger partial charge is 0.353 e. The van der Waals surface area contributed by atoms with Crippen molar-refractivity contribution < 1.29 is 4.39 Å². The van der Waals surface area contributed by atoms with Crippen LogP contribution in [-0.2, 0) is 0 Å². The molecule has 19 heavy (non-hydrogen) atoms. The fraction of sp³-hybridized carbons (Fsp3) is 0.333. The number of hydrogen-bond donors (Lipinski definition) is 1. The Balaban J connectivity index is 1.94. The first kappa shape index (κ1) is 14.2. The fourth-order valence-corrected chi connectivity index (χ4v) is 3.21. The van der Waals surface area contributed by atoms with Gasteiger partial charge in [-0.15, -0.1) is 10.2 Å². The second kappa shape index (κ2) is 6.31. The van der Waals surface area contributed by atoms with Crippen molar-refractivity contribution in [1.29, 1.82) is 0 Å². The molecule has 102 valence electrons. The molecule has 2 rings (SSSR count). The summed E-state index contributed by atoms with van der Waals surface area (Å²) in [6, 6.07) is 6.17. The number of hydrogen-bond acceptors (Lipinski definition) is 6. The van der Waals surface area contributed by atoms with Gasteiger partial charge in [-0.1, -0.05) is 35.2 Å². The van der Waals surface area contributed by atoms with E-state index in [1.807, 2.05) is 25.1 Å². The van der Waals surface area contributed by atoms with E-state index in [0.29, 0.717) is 5.75 Å². The fourth-order valence-electron chi connectivity index (χ4n) is 1.44. The van der Waals surface area contributed by atoms with E-state index in [-0.39, 0.29) is 11.9 Å². The topological polar surface area (TPSA) is 55.0 Å². The van der Waals surface area contributed by atoms with Crippen LogP contribution in [0.5, 0.6) is 0 Å². The SMILES string of the molecule is CN(C)c1nnc(SCC(N)c2cccc(F)c2)s1. The minimum absolute atomic E-state index is 0.215. The molecular formula is C12H15FN4S2. The van der Waals surface area contributed by atoms with Crippen LogP contribution in [0.4, 0.5) is 9.52 Å². The zero-order valence-corrected chi connectivity index (χ0v) is 12.3. The third-order valence-corrected chi connectivity index (χ3v) is 4.79. The van der Waals surface area contributed by atoms with Gasteiger partial charge in [0.2, 0.25) is 5.13 Å². The Morgan fingerprint density at radius 1 is 1.42 bits per heavy atom. The van der Waals surface area contributed by atoms with Gasteiger partial charge >= 0.3 is 0 Å². The molecule has 7 heteroatoms. The molecule has 0 aliphatic rings. The Kier molecular flexibility index (Phi) is 4.73. The first-order chi connectivity index (χ1) is 9.06. The van der Waals surface area contributed by atoms with E-state index in [1.165, 1.54) is 35.2 Å². The van der Waals surface area contributed by atoms with Crippen LogP contribution in [0.15, 0.2) is 28.6 Å². The van der Waals surface area contributed by atoms with Gasteiger partial charge in [-0.05, 0) is 17.7 Å². The van der Waals surface area contributed by atoms with Crippen LogP contribution in [0, 0.1) is 5.82 Å². The number of halogens is 1. The molecule has 1 unspecified atom stereocenters. The highest BCUT2D eigenvalue weighted by atomic mass is 32.2. The lowest BCUT2D eigenvalue weighted by Crippen LogP contribution is -2.13. The average molecular weight is 298 g/mol. The molecule has 2 aromatic rings. The molecule has 1 aromatic carbocycles. The number of rotatable bonds is 5. The van der Waals surface area contributed by atoms with Crippen molar-refractivity contribution in [2.45, 2.75) is 10.4 Å². The van der Waals surface area contributed by atoms with Gasteiger partial charge in [0.1, 0.15) is 5.82 Å². The molecule has 1 atom stereocenters. The van der Waals surface area contributed by atoms with E-state index >= 15 is 0 Å². The van der Waals surface area contributed by atoms with E-state index in [0.717, 1.165) is 15.0 Å². The zero-order valence-electron chi connectivity index (χ0n) is 10.7. The molecule has 0 amide bonds. The van der Waals surface area contributed by atoms with E-state index in [9.17, 15) is 4.39 Å². The third kappa shape index (κ3) is 3.89. The summed E-state index contributed by atoms with van der Waals surface area (Å²) < 4.78 is 14.0. The smallest absolute Gasteiger partial charge is 0.208 e. The lowest BCUT2D eigenvalue weighted by Gasteiger charge is -2.10. The van der Waals surface area contributed by atoms with Crippen LogP contribution in [0.25, 0.3) is 0 Å². The lowest BCUT2D eigenvalue weighted by atomic mass is 10.1. The van der Waals surface area contributed by atoms with Crippen LogP contribution >= 0.6 is 23.1 Å². The number of anilines is 1. The number of nitrogens with zero attached hydrogens (tertiary/aromatic N) is 3. The molecule has 4 nitrogen and oxygen atoms in total. The Hall–Kier alpha value is -1.18. The lowest BCUT2D eigenvalue weighted by molar-refractivity contribution is 0.622. The normalized spacial score (nSPS) is 12.4. The molecule has 0 saturated heterocycles. The van der Waals surface area contributed by atoms with Crippen LogP contribution in [0.2, 0.25) is 0 Å². The van der Waals surface area contributed by atoms with E-state index < -0.39 is 0 Å². The predicted molar refractivity (Wildman–Crippen MR) is 78.3 cm³/mol. The maximum absolute atomic E-state index is 13.1. The van der Waals surface area contributed by atoms with Crippen molar-refractivity contribution in [3.63, 3.8) is 0 Å². The summed E-state index contributed by atoms with van der Waals surface area (Å²) in [5, 5.41) is 9.00. The standard InChI is InChI=1S/C12H15FN4S2/c1-17(2)11-15-16-12(19-11)18-7-10(14)8-4-3-5-9(13)6-8/h3-6,10H,7,14H2,1-2H3. The second-order valence-corrected chi connectivity index (χ2v) is 6.44. The van der Waals surface area contributed by atoms with Gasteiger partial charge in [-0.25, -0.2) is 4.39 Å². The van der Waals surface area contributed by atoms with Crippen molar-refractivity contribution >= 4 is 28.2 Å². The summed E-state index contributed by atoms with van der Waals surface area (Å²) in [6.07, 6.45) is 0. The highest BCUT2D eigenvalue weighted by Gasteiger charge is 2.11. The number of benzene rings is 1. The van der Waals surface area contributed by atoms with Gasteiger partial charge in [0, 0.05) is 25.9 Å². The Morgan fingerprint density at radius 3 is 2.84 bits per heavy atom. The molecule has 1 aromatic heterocycles. The molecule has 0 fully saturated rings. The Bertz CT molecular complexity index is 544. The van der Waals surface area contributed by atoms with Crippen LogP contribution < -0.4 is 10.6 Å². The molecule has 2 N–H and O–H groups in total. The number of aromatic nitrogens is 2. The number of nitrogens with two attached hydrogens (primary N) is 1. The second-order valence-electron chi connectivity index (χ2n) is 4.22. The molecule has 1 heterocycles. The van der Waals surface area contributed by atoms with E-state index in [4.69, 9.17) is 5.73 Å². The first-order valence-electron chi connectivity index (χ1n) is 5.71. The maximum atomic E-state index is 13.1. The minimum atomic E-state index is -0.260. The average Bonchev–Trinajstić information content (AvgIpc) is 2.85. The van der Waals surface area contributed by atoms with Crippen molar-refractivity contribution in [2.75, 3.05) is 24.7 Å². The van der Waals surface area contributed by atoms with Gasteiger partial charge in [0.25, 0.3) is 0 Å². The third-order valence-electron chi connectivity index (χ3n) is 2.44. The molecule has 0 radical (unpaired) electrons. The van der Waals surface area contributed by atoms with Gasteiger partial charge in [0.15, 0.2) is 4.34 Å². The maximum Gasteiger partial charge on any atom is 0.208 e. The first-order valence-corrected chi connectivity index (χ1v) is 7.51. The summed E-state index contributed by atoms with van der Waals surface area (Å²) in [7, 11) is 3.85. The summed E-state index contributed by atoms with van der Waals surface area (Å²) in [5.74, 6) is 0.384. The Labute approximate surface area is 119 Å². The molecule has 0 aliphatic carbocycles. The van der Waals surface area contributed by atoms with Crippen LogP contribution in [0.3, 0.4) is 0 Å². The molecule has 0 aliphatic heterocycles. The monoisotopic (exact) mass is 298 g/mol. The molecule has 0 bridgehead atoms. The Morgan fingerprint density at radius 2 is 2.21 bits per heavy atom. The van der Waals surface area contributed by atoms with Crippen molar-refractivity contribution in [1.82, 2.24) is 10.2 Å². The van der Waals surface area contributed by atoms with Crippen LogP contribution in [-0.4, -0.2) is 30.0 Å². The van der Waals surface area contributed by atoms with Gasteiger partial charge in [-0.2, -0.15) is 0 Å². The van der Waals surface area contributed by atoms with Crippen molar-refractivity contribution in [3.8, 4) is 0 Å². The summed E-state index contributed by atoms with van der Waals surface area (Å²) in [4.78, 5) is 1.91. The summed E-state index contributed by atoms with van der Waals surface area (Å²) in [6.45, 7) is 0. The highest BCUT2D eigenvalue weighted by Crippen LogP contribution is 2.29. The number of thioether (sulfide) groups is 1. The quantitative estimate of drug-likeness (QED) is 0.860. The summed E-state index contributed by atoms with van der Waals surface area (Å²) >= 11 is 3.06. The van der Waals surface area contributed by atoms with Gasteiger partial charge < -0.3 is 10.6 Å². The van der Waals surface area contributed by atoms with E-state index in [1.54, 1.807) is 6.07 Å². The highest BCUT2D eigenvalue weighted by molar-refractivity contribution is 8.01. The van der Waals surface area contributed by atoms with Crippen molar-refractivity contribution in [3.05, 3.63) is 35.6 Å². The van der Waals surface area contributed by atoms with Crippen LogP contribution in [0.1, 0.15) is 11.6 Å². The van der Waals surface area contributed by atoms with Crippen molar-refractivity contribution in [2.24, 2.45) is 5.73 Å². The minimum Gasteiger partial charge on any atom is -0.353 e. The zero-order chi connectivity index (χ0) is 13.8. The molecular weight excluding hydrogens is 283 g/mol. The summed E-state index contributed by atoms with van der Waals surface area (Å²) in [5.41, 5.74) is 6.83. The van der Waals surface area contributed by atoms with Gasteiger partial charge in [-0.3, -0.25) is 0 Å². The van der Waals surface area contributed by atoms with Gasteiger partial charge in [0.05, 0.1) is 0 Å². The molecule has 0 saturated carbocycles. The predicted octanol–water partition coefficient (Wildman–Crippen LogP) is 2.54. The molecule has 0 spiro atoms.